The van der Waals surface area contributed by atoms with E-state index in [4.69, 9.17) is 4.74 Å². The van der Waals surface area contributed by atoms with Crippen LogP contribution in [0.3, 0.4) is 0 Å². The third-order valence-electron chi connectivity index (χ3n) is 5.39. The number of rotatable bonds is 7. The van der Waals surface area contributed by atoms with Gasteiger partial charge in [-0.15, -0.1) is 0 Å². The Kier molecular flexibility index (Phi) is 6.99. The molecular formula is C22H28F2N2O2. The molecule has 0 saturated carbocycles. The number of aryl methyl sites for hydroxylation is 1. The molecule has 1 heterocycles. The minimum absolute atomic E-state index is 0.127. The van der Waals surface area contributed by atoms with Gasteiger partial charge in [0.25, 0.3) is 0 Å². The van der Waals surface area contributed by atoms with E-state index < -0.39 is 11.6 Å². The molecule has 4 nitrogen and oxygen atoms in total. The standard InChI is InChI=1S/C22H28F2N2O2/c1-16-11-17(4-6-22(16)28-2)14-26-9-8-25(15-19(26)7-10-27)13-18-3-5-20(23)21(24)12-18/h3-6,11-12,19,27H,7-10,13-15H2,1-2H3. The Morgan fingerprint density at radius 1 is 1.04 bits per heavy atom. The van der Waals surface area contributed by atoms with Crippen molar-refractivity contribution in [2.24, 2.45) is 0 Å². The zero-order chi connectivity index (χ0) is 20.1. The molecule has 1 saturated heterocycles. The van der Waals surface area contributed by atoms with Gasteiger partial charge in [-0.25, -0.2) is 8.78 Å². The second-order valence-corrected chi connectivity index (χ2v) is 7.42. The number of methoxy groups -OCH3 is 1. The van der Waals surface area contributed by atoms with Crippen molar-refractivity contribution < 1.29 is 18.6 Å². The van der Waals surface area contributed by atoms with Gasteiger partial charge in [-0.1, -0.05) is 18.2 Å². The van der Waals surface area contributed by atoms with Gasteiger partial charge in [0.05, 0.1) is 7.11 Å². The van der Waals surface area contributed by atoms with Crippen molar-refractivity contribution in [3.8, 4) is 5.75 Å². The predicted molar refractivity (Wildman–Crippen MR) is 105 cm³/mol. The maximum Gasteiger partial charge on any atom is 0.159 e. The first-order chi connectivity index (χ1) is 13.5. The number of piperazine rings is 1. The summed E-state index contributed by atoms with van der Waals surface area (Å²) in [6.45, 7) is 6.04. The van der Waals surface area contributed by atoms with E-state index in [0.717, 1.165) is 43.1 Å². The monoisotopic (exact) mass is 390 g/mol. The average molecular weight is 390 g/mol. The van der Waals surface area contributed by atoms with Crippen LogP contribution < -0.4 is 4.74 Å². The molecule has 2 aromatic carbocycles. The summed E-state index contributed by atoms with van der Waals surface area (Å²) < 4.78 is 32.0. The number of aliphatic hydroxyl groups is 1. The molecule has 3 rings (SSSR count). The summed E-state index contributed by atoms with van der Waals surface area (Å²) in [6, 6.07) is 10.5. The molecule has 0 spiro atoms. The van der Waals surface area contributed by atoms with Gasteiger partial charge in [-0.3, -0.25) is 9.80 Å². The van der Waals surface area contributed by atoms with Crippen LogP contribution in [-0.4, -0.2) is 54.3 Å². The van der Waals surface area contributed by atoms with Crippen LogP contribution >= 0.6 is 0 Å². The molecule has 0 radical (unpaired) electrons. The van der Waals surface area contributed by atoms with Crippen molar-refractivity contribution in [3.05, 3.63) is 64.7 Å². The Bertz CT molecular complexity index is 800. The van der Waals surface area contributed by atoms with Crippen LogP contribution in [0, 0.1) is 18.6 Å². The summed E-state index contributed by atoms with van der Waals surface area (Å²) in [6.07, 6.45) is 0.684. The number of hydrogen-bond acceptors (Lipinski definition) is 4. The smallest absolute Gasteiger partial charge is 0.159 e. The summed E-state index contributed by atoms with van der Waals surface area (Å²) in [5, 5.41) is 9.50. The fourth-order valence-electron chi connectivity index (χ4n) is 3.90. The third kappa shape index (κ3) is 5.07. The number of nitrogens with zero attached hydrogens (tertiary/aromatic N) is 2. The first-order valence-corrected chi connectivity index (χ1v) is 9.65. The van der Waals surface area contributed by atoms with Gasteiger partial charge in [-0.2, -0.15) is 0 Å². The lowest BCUT2D eigenvalue weighted by Crippen LogP contribution is -2.52. The van der Waals surface area contributed by atoms with Crippen molar-refractivity contribution in [2.45, 2.75) is 32.5 Å². The average Bonchev–Trinajstić information content (AvgIpc) is 2.67. The van der Waals surface area contributed by atoms with Crippen molar-refractivity contribution in [2.75, 3.05) is 33.4 Å². The van der Waals surface area contributed by atoms with Crippen LogP contribution in [0.5, 0.6) is 5.75 Å². The summed E-state index contributed by atoms with van der Waals surface area (Å²) >= 11 is 0. The molecule has 0 amide bonds. The highest BCUT2D eigenvalue weighted by atomic mass is 19.2. The van der Waals surface area contributed by atoms with Gasteiger partial charge in [-0.05, 0) is 48.2 Å². The van der Waals surface area contributed by atoms with Crippen LogP contribution in [0.15, 0.2) is 36.4 Å². The van der Waals surface area contributed by atoms with Crippen molar-refractivity contribution in [1.82, 2.24) is 9.80 Å². The third-order valence-corrected chi connectivity index (χ3v) is 5.39. The molecule has 1 atom stereocenters. The van der Waals surface area contributed by atoms with E-state index in [2.05, 4.69) is 21.9 Å². The second-order valence-electron chi connectivity index (χ2n) is 7.42. The molecule has 1 unspecified atom stereocenters. The van der Waals surface area contributed by atoms with Crippen molar-refractivity contribution in [3.63, 3.8) is 0 Å². The van der Waals surface area contributed by atoms with E-state index in [9.17, 15) is 13.9 Å². The molecule has 1 aliphatic heterocycles. The molecule has 0 bridgehead atoms. The molecular weight excluding hydrogens is 362 g/mol. The van der Waals surface area contributed by atoms with Gasteiger partial charge < -0.3 is 9.84 Å². The maximum absolute atomic E-state index is 13.5. The molecule has 152 valence electrons. The van der Waals surface area contributed by atoms with Crippen LogP contribution in [0.1, 0.15) is 23.1 Å². The highest BCUT2D eigenvalue weighted by molar-refractivity contribution is 5.36. The first kappa shape index (κ1) is 20.7. The fourth-order valence-corrected chi connectivity index (χ4v) is 3.90. The van der Waals surface area contributed by atoms with E-state index >= 15 is 0 Å². The highest BCUT2D eigenvalue weighted by Crippen LogP contribution is 2.23. The van der Waals surface area contributed by atoms with Crippen LogP contribution in [0.4, 0.5) is 8.78 Å². The Labute approximate surface area is 165 Å². The van der Waals surface area contributed by atoms with Crippen LogP contribution in [0.25, 0.3) is 0 Å². The largest absolute Gasteiger partial charge is 0.496 e. The van der Waals surface area contributed by atoms with E-state index in [1.54, 1.807) is 13.2 Å². The quantitative estimate of drug-likeness (QED) is 0.787. The Hall–Kier alpha value is -2.02. The molecule has 1 N–H and O–H groups in total. The topological polar surface area (TPSA) is 35.9 Å². The van der Waals surface area contributed by atoms with Gasteiger partial charge in [0.15, 0.2) is 11.6 Å². The van der Waals surface area contributed by atoms with E-state index in [1.165, 1.54) is 17.7 Å². The highest BCUT2D eigenvalue weighted by Gasteiger charge is 2.27. The molecule has 2 aromatic rings. The Morgan fingerprint density at radius 2 is 1.79 bits per heavy atom. The normalized spacial score (nSPS) is 18.4. The van der Waals surface area contributed by atoms with Crippen molar-refractivity contribution in [1.29, 1.82) is 0 Å². The summed E-state index contributed by atoms with van der Waals surface area (Å²) in [7, 11) is 1.67. The van der Waals surface area contributed by atoms with E-state index in [1.807, 2.05) is 13.0 Å². The van der Waals surface area contributed by atoms with Gasteiger partial charge >= 0.3 is 0 Å². The molecule has 1 fully saturated rings. The predicted octanol–water partition coefficient (Wildman–Crippen LogP) is 3.35. The molecule has 0 aromatic heterocycles. The number of hydrogen-bond donors (Lipinski definition) is 1. The minimum atomic E-state index is -0.818. The Balaban J connectivity index is 1.65. The molecule has 1 aliphatic rings. The zero-order valence-electron chi connectivity index (χ0n) is 16.5. The van der Waals surface area contributed by atoms with Crippen molar-refractivity contribution >= 4 is 0 Å². The lowest BCUT2D eigenvalue weighted by atomic mass is 10.0. The molecule has 0 aliphatic carbocycles. The first-order valence-electron chi connectivity index (χ1n) is 9.65. The number of aliphatic hydroxyl groups excluding tert-OH is 1. The number of ether oxygens (including phenoxy) is 1. The Morgan fingerprint density at radius 3 is 2.46 bits per heavy atom. The van der Waals surface area contributed by atoms with Gasteiger partial charge in [0, 0.05) is 45.4 Å². The lowest BCUT2D eigenvalue weighted by molar-refractivity contribution is 0.0499. The van der Waals surface area contributed by atoms with Crippen LogP contribution in [0.2, 0.25) is 0 Å². The zero-order valence-corrected chi connectivity index (χ0v) is 16.5. The molecule has 28 heavy (non-hydrogen) atoms. The fraction of sp³-hybridized carbons (Fsp3) is 0.455. The number of benzene rings is 2. The minimum Gasteiger partial charge on any atom is -0.496 e. The lowest BCUT2D eigenvalue weighted by Gasteiger charge is -2.41. The van der Waals surface area contributed by atoms with Gasteiger partial charge in [0.1, 0.15) is 5.75 Å². The summed E-state index contributed by atoms with van der Waals surface area (Å²) in [5.74, 6) is -0.744. The maximum atomic E-state index is 13.5. The molecule has 6 heteroatoms. The number of halogens is 2. The van der Waals surface area contributed by atoms with E-state index in [0.29, 0.717) is 13.0 Å². The summed E-state index contributed by atoms with van der Waals surface area (Å²) in [5.41, 5.74) is 3.09. The van der Waals surface area contributed by atoms with Crippen LogP contribution in [-0.2, 0) is 13.1 Å². The van der Waals surface area contributed by atoms with E-state index in [-0.39, 0.29) is 12.6 Å². The summed E-state index contributed by atoms with van der Waals surface area (Å²) in [4.78, 5) is 4.63. The second kappa shape index (κ2) is 9.45. The SMILES string of the molecule is COc1ccc(CN2CCN(Cc3ccc(F)c(F)c3)CC2CCO)cc1C. The van der Waals surface area contributed by atoms with Gasteiger partial charge in [0.2, 0.25) is 0 Å².